The number of pyridine rings is 1. The Bertz CT molecular complexity index is 1320. The second kappa shape index (κ2) is 34.4. The summed E-state index contributed by atoms with van der Waals surface area (Å²) >= 11 is 0. The summed E-state index contributed by atoms with van der Waals surface area (Å²) in [6, 6.07) is 10.8. The fourth-order valence-corrected chi connectivity index (χ4v) is 6.20. The van der Waals surface area contributed by atoms with E-state index >= 15 is 0 Å². The molecule has 0 spiro atoms. The van der Waals surface area contributed by atoms with Crippen molar-refractivity contribution in [2.45, 2.75) is 169 Å². The van der Waals surface area contributed by atoms with Crippen LogP contribution in [0.5, 0.6) is 0 Å². The van der Waals surface area contributed by atoms with E-state index < -0.39 is 35.4 Å². The first-order valence-corrected chi connectivity index (χ1v) is 22.0. The second-order valence-corrected chi connectivity index (χ2v) is 16.3. The van der Waals surface area contributed by atoms with E-state index in [1.54, 1.807) is 34.8 Å². The number of fused-ring (bicyclic) bond motifs is 1. The molecule has 0 saturated heterocycles. The zero-order chi connectivity index (χ0) is 47.2. The Morgan fingerprint density at radius 3 is 1.97 bits per heavy atom. The molecule has 6 N–H and O–H groups in total. The SMILES string of the molecule is CC.CC.CNC[C@H](C)C[C@@](C)(O)[C@H](O)C[C@H](O)C(C)C=O.COC(C)CC([C@H](C)OCCCN(C)Cc1cnc2ccccc2c1)N(C)C.CO[C@H](C)[C@@](C)(O)C(C)O. The number of aliphatic hydroxyl groups excluding tert-OH is 3. The predicted molar refractivity (Wildman–Crippen MR) is 248 cm³/mol. The topological polar surface area (TPSA) is 177 Å². The van der Waals surface area contributed by atoms with E-state index in [0.717, 1.165) is 44.6 Å². The molecular weight excluding hydrogens is 765 g/mol. The van der Waals surface area contributed by atoms with Gasteiger partial charge in [-0.3, -0.25) is 4.98 Å². The number of ether oxygens (including phenoxy) is 3. The largest absolute Gasteiger partial charge is 0.392 e. The predicted octanol–water partition coefficient (Wildman–Crippen LogP) is 5.95. The third-order valence-corrected chi connectivity index (χ3v) is 10.7. The van der Waals surface area contributed by atoms with E-state index in [4.69, 9.17) is 19.3 Å². The molecule has 4 unspecified atom stereocenters. The molecule has 0 amide bonds. The van der Waals surface area contributed by atoms with Gasteiger partial charge in [0.05, 0.1) is 47.7 Å². The molecule has 0 bridgehead atoms. The van der Waals surface area contributed by atoms with Gasteiger partial charge in [-0.05, 0) is 119 Å². The summed E-state index contributed by atoms with van der Waals surface area (Å²) in [7, 11) is 11.5. The molecule has 13 heteroatoms. The zero-order valence-electron chi connectivity index (χ0n) is 41.1. The van der Waals surface area contributed by atoms with Gasteiger partial charge in [0.1, 0.15) is 11.9 Å². The molecule has 2 aromatic rings. The van der Waals surface area contributed by atoms with E-state index in [9.17, 15) is 25.2 Å². The highest BCUT2D eigenvalue weighted by atomic mass is 16.5. The van der Waals surface area contributed by atoms with E-state index in [1.807, 2.05) is 53.9 Å². The maximum absolute atomic E-state index is 10.5. The fourth-order valence-electron chi connectivity index (χ4n) is 6.20. The van der Waals surface area contributed by atoms with Crippen molar-refractivity contribution in [3.8, 4) is 0 Å². The number of carbonyl (C=O) groups is 1. The molecule has 1 aromatic carbocycles. The first-order chi connectivity index (χ1) is 28.1. The van der Waals surface area contributed by atoms with E-state index in [2.05, 4.69) is 79.4 Å². The molecule has 60 heavy (non-hydrogen) atoms. The number of aldehydes is 1. The fraction of sp³-hybridized carbons (Fsp3) is 0.787. The number of aromatic nitrogens is 1. The van der Waals surface area contributed by atoms with Crippen LogP contribution in [0.25, 0.3) is 10.9 Å². The molecule has 1 heterocycles. The minimum Gasteiger partial charge on any atom is -0.392 e. The van der Waals surface area contributed by atoms with Crippen molar-refractivity contribution in [2.24, 2.45) is 11.8 Å². The number of methoxy groups -OCH3 is 2. The number of likely N-dealkylation sites (N-methyl/N-ethyl adjacent to an activating group) is 1. The smallest absolute Gasteiger partial charge is 0.125 e. The van der Waals surface area contributed by atoms with Crippen molar-refractivity contribution in [1.82, 2.24) is 20.1 Å². The third kappa shape index (κ3) is 25.7. The average molecular weight is 857 g/mol. The van der Waals surface area contributed by atoms with Crippen LogP contribution >= 0.6 is 0 Å². The standard InChI is InChI=1S/C23H37N3O2.C13H27NO4.C7H16O3.2C2H6/c1-18(27-6)14-23(25(3)4)19(2)28-13-9-12-26(5)17-20-15-21-10-7-8-11-22(21)24-16-20;1-9(7-14-4)6-13(3,18)12(17)5-11(16)10(2)8-15;1-5(8)7(3,9)6(2)10-4;2*1-2/h7-8,10-11,15-16,18-19,23H,9,12-14,17H2,1-6H3;8-12,14,16-18H,5-7H2,1-4H3;5-6,8-9H,1-4H3;2*1-2H3/t18?,19-,23?;9-,10?,11+,12-,13-;5?,6-,7+;;/m011../s1. The number of aliphatic hydroxyl groups is 5. The Hall–Kier alpha value is -2.14. The van der Waals surface area contributed by atoms with Gasteiger partial charge in [0.2, 0.25) is 0 Å². The number of nitrogens with one attached hydrogen (secondary N) is 1. The molecule has 2 rings (SSSR count). The lowest BCUT2D eigenvalue weighted by Crippen LogP contribution is -2.47. The lowest BCUT2D eigenvalue weighted by atomic mass is 9.84. The average Bonchev–Trinajstić information content (AvgIpc) is 3.22. The van der Waals surface area contributed by atoms with Crippen molar-refractivity contribution in [1.29, 1.82) is 0 Å². The normalized spacial score (nSPS) is 17.8. The number of para-hydroxylation sites is 1. The van der Waals surface area contributed by atoms with E-state index in [1.165, 1.54) is 25.0 Å². The van der Waals surface area contributed by atoms with Crippen LogP contribution < -0.4 is 5.32 Å². The first kappa shape index (κ1) is 62.2. The third-order valence-electron chi connectivity index (χ3n) is 10.7. The Kier molecular flexibility index (Phi) is 35.6. The molecule has 354 valence electrons. The van der Waals surface area contributed by atoms with Gasteiger partial charge in [-0.25, -0.2) is 0 Å². The highest BCUT2D eigenvalue weighted by molar-refractivity contribution is 5.78. The van der Waals surface area contributed by atoms with E-state index in [0.29, 0.717) is 18.7 Å². The molecular formula is C47H92N4O9. The molecule has 1 aromatic heterocycles. The summed E-state index contributed by atoms with van der Waals surface area (Å²) in [5.41, 5.74) is -0.125. The second-order valence-electron chi connectivity index (χ2n) is 16.3. The Balaban J connectivity index is -0.000000870. The van der Waals surface area contributed by atoms with Crippen molar-refractivity contribution in [2.75, 3.05) is 62.1 Å². The van der Waals surface area contributed by atoms with Crippen LogP contribution in [0.1, 0.15) is 114 Å². The molecule has 0 fully saturated rings. The lowest BCUT2D eigenvalue weighted by molar-refractivity contribution is -0.133. The van der Waals surface area contributed by atoms with Gasteiger partial charge in [0.15, 0.2) is 0 Å². The molecule has 0 radical (unpaired) electrons. The maximum atomic E-state index is 10.5. The lowest BCUT2D eigenvalue weighted by Gasteiger charge is -2.33. The summed E-state index contributed by atoms with van der Waals surface area (Å²) in [6.45, 7) is 25.6. The Morgan fingerprint density at radius 2 is 1.48 bits per heavy atom. The summed E-state index contributed by atoms with van der Waals surface area (Å²) < 4.78 is 16.4. The van der Waals surface area contributed by atoms with Gasteiger partial charge in [0.25, 0.3) is 0 Å². The number of carbonyl (C=O) groups excluding carboxylic acids is 1. The quantitative estimate of drug-likeness (QED) is 0.0540. The highest BCUT2D eigenvalue weighted by Gasteiger charge is 2.35. The molecule has 0 aliphatic rings. The van der Waals surface area contributed by atoms with Gasteiger partial charge in [-0.15, -0.1) is 0 Å². The van der Waals surface area contributed by atoms with Crippen LogP contribution in [-0.4, -0.2) is 163 Å². The summed E-state index contributed by atoms with van der Waals surface area (Å²) in [4.78, 5) is 19.6. The van der Waals surface area contributed by atoms with Crippen LogP contribution in [0.4, 0.5) is 0 Å². The van der Waals surface area contributed by atoms with Gasteiger partial charge >= 0.3 is 0 Å². The van der Waals surface area contributed by atoms with Crippen molar-refractivity contribution < 1.29 is 44.5 Å². The van der Waals surface area contributed by atoms with Gasteiger partial charge in [-0.1, -0.05) is 59.7 Å². The first-order valence-electron chi connectivity index (χ1n) is 22.0. The van der Waals surface area contributed by atoms with Gasteiger partial charge in [-0.2, -0.15) is 0 Å². The number of hydrogen-bond acceptors (Lipinski definition) is 13. The summed E-state index contributed by atoms with van der Waals surface area (Å²) in [6.07, 6.45) is 2.36. The van der Waals surface area contributed by atoms with Crippen LogP contribution in [0.2, 0.25) is 0 Å². The van der Waals surface area contributed by atoms with Crippen LogP contribution in [0, 0.1) is 11.8 Å². The van der Waals surface area contributed by atoms with Crippen molar-refractivity contribution in [3.63, 3.8) is 0 Å². The molecule has 11 atom stereocenters. The van der Waals surface area contributed by atoms with Gasteiger partial charge in [0, 0.05) is 63.9 Å². The monoisotopic (exact) mass is 857 g/mol. The van der Waals surface area contributed by atoms with Crippen LogP contribution in [0.15, 0.2) is 36.5 Å². The number of nitrogens with zero attached hydrogens (tertiary/aromatic N) is 3. The van der Waals surface area contributed by atoms with Crippen LogP contribution in [-0.2, 0) is 25.5 Å². The van der Waals surface area contributed by atoms with Gasteiger partial charge < -0.3 is 59.7 Å². The maximum Gasteiger partial charge on any atom is 0.125 e. The Labute approximate surface area is 366 Å². The Morgan fingerprint density at radius 1 is 0.900 bits per heavy atom. The zero-order valence-corrected chi connectivity index (χ0v) is 41.1. The number of benzene rings is 1. The number of hydrogen-bond donors (Lipinski definition) is 6. The molecule has 0 aliphatic carbocycles. The molecule has 0 saturated carbocycles. The minimum absolute atomic E-state index is 0.000813. The van der Waals surface area contributed by atoms with Crippen LogP contribution in [0.3, 0.4) is 0 Å². The minimum atomic E-state index is -1.26. The van der Waals surface area contributed by atoms with E-state index in [-0.39, 0.29) is 30.7 Å². The summed E-state index contributed by atoms with van der Waals surface area (Å²) in [5.74, 6) is -0.328. The van der Waals surface area contributed by atoms with Crippen molar-refractivity contribution in [3.05, 3.63) is 42.1 Å². The molecule has 0 aliphatic heterocycles. The summed E-state index contributed by atoms with van der Waals surface area (Å²) in [5, 5.41) is 52.6. The molecule has 13 nitrogen and oxygen atoms in total. The van der Waals surface area contributed by atoms with Crippen molar-refractivity contribution >= 4 is 17.2 Å². The number of rotatable bonds is 24. The highest BCUT2D eigenvalue weighted by Crippen LogP contribution is 2.24.